The van der Waals surface area contributed by atoms with E-state index in [4.69, 9.17) is 38.1 Å². The summed E-state index contributed by atoms with van der Waals surface area (Å²) in [6.07, 6.45) is 3.81. The lowest BCUT2D eigenvalue weighted by molar-refractivity contribution is -0.238. The zero-order valence-corrected chi connectivity index (χ0v) is 22.2. The maximum atomic E-state index is 6.28. The smallest absolute Gasteiger partial charge is 0.323 e. The molecule has 12 heteroatoms. The SMILES string of the molecule is CC1(C)O[C@H]2[C@@H](O1)[C@@H](COc1nc(NC3CCCCC3)nc(N3CCOCC3)n1)O[C@@H]1OC(C)(C)O[C@@H]12. The first-order chi connectivity index (χ1) is 17.7. The summed E-state index contributed by atoms with van der Waals surface area (Å²) in [6.45, 7) is 10.4. The Morgan fingerprint density at radius 2 is 1.57 bits per heavy atom. The van der Waals surface area contributed by atoms with Gasteiger partial charge in [-0.05, 0) is 40.5 Å². The second-order valence-corrected chi connectivity index (χ2v) is 11.3. The lowest BCUT2D eigenvalue weighted by atomic mass is 9.96. The first-order valence-electron chi connectivity index (χ1n) is 13.6. The average molecular weight is 522 g/mol. The number of nitrogens with one attached hydrogen (secondary N) is 1. The van der Waals surface area contributed by atoms with Crippen molar-refractivity contribution in [2.75, 3.05) is 43.1 Å². The summed E-state index contributed by atoms with van der Waals surface area (Å²) < 4.78 is 42.5. The van der Waals surface area contributed by atoms with Gasteiger partial charge in [0.25, 0.3) is 0 Å². The molecule has 4 saturated heterocycles. The number of hydrogen-bond acceptors (Lipinski definition) is 12. The van der Waals surface area contributed by atoms with E-state index in [1.165, 1.54) is 19.3 Å². The van der Waals surface area contributed by atoms with Crippen molar-refractivity contribution in [3.05, 3.63) is 0 Å². The first kappa shape index (κ1) is 25.4. The molecule has 0 bridgehead atoms. The third-order valence-corrected chi connectivity index (χ3v) is 7.46. The van der Waals surface area contributed by atoms with E-state index < -0.39 is 24.0 Å². The summed E-state index contributed by atoms with van der Waals surface area (Å²) in [5, 5.41) is 3.51. The van der Waals surface area contributed by atoms with Gasteiger partial charge in [-0.1, -0.05) is 19.3 Å². The molecule has 1 saturated carbocycles. The van der Waals surface area contributed by atoms with Crippen LogP contribution in [0.25, 0.3) is 0 Å². The van der Waals surface area contributed by atoms with Gasteiger partial charge in [0.15, 0.2) is 17.9 Å². The van der Waals surface area contributed by atoms with Crippen LogP contribution in [0.1, 0.15) is 59.8 Å². The standard InChI is InChI=1S/C25H39N5O7/c1-24(2)34-17-16(33-20-19(18(17)35-24)36-25(3,4)37-20)14-32-23-28-21(26-15-8-6-5-7-9-15)27-22(29-23)30-10-12-31-13-11-30/h15-20H,5-14H2,1-4H3,(H,26,27,28,29)/t16-,17+,18+,19-,20-/m1/s1. The fourth-order valence-corrected chi connectivity index (χ4v) is 5.79. The largest absolute Gasteiger partial charge is 0.460 e. The molecule has 1 aliphatic carbocycles. The number of nitrogens with zero attached hydrogens (tertiary/aromatic N) is 4. The molecule has 5 heterocycles. The summed E-state index contributed by atoms with van der Waals surface area (Å²) in [5.41, 5.74) is 0. The predicted molar refractivity (Wildman–Crippen MR) is 131 cm³/mol. The molecule has 6 rings (SSSR count). The molecule has 37 heavy (non-hydrogen) atoms. The van der Waals surface area contributed by atoms with Crippen LogP contribution in [0.3, 0.4) is 0 Å². The van der Waals surface area contributed by atoms with Gasteiger partial charge in [0.2, 0.25) is 11.9 Å². The number of rotatable bonds is 6. The molecule has 1 N–H and O–H groups in total. The van der Waals surface area contributed by atoms with E-state index in [1.54, 1.807) is 0 Å². The summed E-state index contributed by atoms with van der Waals surface area (Å²) in [6, 6.07) is 0.606. The van der Waals surface area contributed by atoms with Gasteiger partial charge in [0.1, 0.15) is 31.0 Å². The Morgan fingerprint density at radius 3 is 2.35 bits per heavy atom. The van der Waals surface area contributed by atoms with Crippen LogP contribution >= 0.6 is 0 Å². The van der Waals surface area contributed by atoms with Crippen molar-refractivity contribution in [1.29, 1.82) is 0 Å². The van der Waals surface area contributed by atoms with Crippen LogP contribution in [0.4, 0.5) is 11.9 Å². The Morgan fingerprint density at radius 1 is 0.865 bits per heavy atom. The molecule has 1 aromatic heterocycles. The van der Waals surface area contributed by atoms with Crippen molar-refractivity contribution >= 4 is 11.9 Å². The van der Waals surface area contributed by atoms with Gasteiger partial charge in [0.05, 0.1) is 13.2 Å². The predicted octanol–water partition coefficient (Wildman–Crippen LogP) is 2.23. The van der Waals surface area contributed by atoms with E-state index >= 15 is 0 Å². The molecule has 5 fully saturated rings. The van der Waals surface area contributed by atoms with E-state index in [-0.39, 0.29) is 30.9 Å². The fraction of sp³-hybridized carbons (Fsp3) is 0.880. The lowest BCUT2D eigenvalue weighted by Gasteiger charge is -2.36. The molecule has 5 atom stereocenters. The highest BCUT2D eigenvalue weighted by molar-refractivity contribution is 5.39. The van der Waals surface area contributed by atoms with Crippen LogP contribution in [0.5, 0.6) is 6.01 Å². The number of fused-ring (bicyclic) bond motifs is 3. The molecule has 4 aliphatic heterocycles. The Bertz CT molecular complexity index is 953. The van der Waals surface area contributed by atoms with Crippen LogP contribution in [-0.2, 0) is 28.4 Å². The second-order valence-electron chi connectivity index (χ2n) is 11.3. The average Bonchev–Trinajstić information content (AvgIpc) is 3.37. The molecule has 12 nitrogen and oxygen atoms in total. The topological polar surface area (TPSA) is 119 Å². The van der Waals surface area contributed by atoms with Crippen molar-refractivity contribution in [3.63, 3.8) is 0 Å². The minimum Gasteiger partial charge on any atom is -0.460 e. The van der Waals surface area contributed by atoms with Crippen molar-refractivity contribution in [2.45, 2.75) is 108 Å². The maximum Gasteiger partial charge on any atom is 0.323 e. The van der Waals surface area contributed by atoms with E-state index in [0.29, 0.717) is 31.2 Å². The zero-order valence-electron chi connectivity index (χ0n) is 22.2. The van der Waals surface area contributed by atoms with Crippen LogP contribution in [0, 0.1) is 0 Å². The maximum absolute atomic E-state index is 6.28. The third kappa shape index (κ3) is 5.64. The van der Waals surface area contributed by atoms with E-state index in [9.17, 15) is 0 Å². The third-order valence-electron chi connectivity index (χ3n) is 7.46. The van der Waals surface area contributed by atoms with Gasteiger partial charge in [-0.15, -0.1) is 0 Å². The Hall–Kier alpha value is -1.83. The molecule has 0 amide bonds. The van der Waals surface area contributed by atoms with E-state index in [0.717, 1.165) is 25.9 Å². The summed E-state index contributed by atoms with van der Waals surface area (Å²) in [7, 11) is 0. The minimum absolute atomic E-state index is 0.170. The normalized spacial score (nSPS) is 35.1. The second kappa shape index (κ2) is 10.0. The monoisotopic (exact) mass is 521 g/mol. The molecule has 0 spiro atoms. The lowest BCUT2D eigenvalue weighted by Crippen LogP contribution is -2.56. The van der Waals surface area contributed by atoms with Gasteiger partial charge < -0.3 is 43.4 Å². The summed E-state index contributed by atoms with van der Waals surface area (Å²) in [5.74, 6) is -0.413. The van der Waals surface area contributed by atoms with Gasteiger partial charge in [-0.3, -0.25) is 0 Å². The van der Waals surface area contributed by atoms with Gasteiger partial charge in [-0.2, -0.15) is 15.0 Å². The van der Waals surface area contributed by atoms with Gasteiger partial charge in [0, 0.05) is 19.1 Å². The van der Waals surface area contributed by atoms with Crippen LogP contribution < -0.4 is 15.0 Å². The number of ether oxygens (including phenoxy) is 7. The van der Waals surface area contributed by atoms with Crippen LogP contribution in [0.2, 0.25) is 0 Å². The number of aromatic nitrogens is 3. The minimum atomic E-state index is -0.771. The van der Waals surface area contributed by atoms with E-state index in [1.807, 2.05) is 27.7 Å². The van der Waals surface area contributed by atoms with Crippen LogP contribution in [-0.4, -0.2) is 96.2 Å². The Labute approximate surface area is 217 Å². The summed E-state index contributed by atoms with van der Waals surface area (Å²) in [4.78, 5) is 16.1. The Balaban J connectivity index is 1.20. The fourth-order valence-electron chi connectivity index (χ4n) is 5.79. The quantitative estimate of drug-likeness (QED) is 0.591. The molecule has 0 unspecified atom stereocenters. The van der Waals surface area contributed by atoms with E-state index in [2.05, 4.69) is 20.2 Å². The van der Waals surface area contributed by atoms with Crippen molar-refractivity contribution < 1.29 is 33.2 Å². The molecule has 0 radical (unpaired) electrons. The Kier molecular flexibility index (Phi) is 6.91. The van der Waals surface area contributed by atoms with Crippen molar-refractivity contribution in [2.24, 2.45) is 0 Å². The molecular formula is C25H39N5O7. The van der Waals surface area contributed by atoms with Crippen molar-refractivity contribution in [1.82, 2.24) is 15.0 Å². The van der Waals surface area contributed by atoms with Gasteiger partial charge in [-0.25, -0.2) is 0 Å². The molecule has 0 aromatic carbocycles. The highest BCUT2D eigenvalue weighted by atomic mass is 16.9. The first-order valence-corrected chi connectivity index (χ1v) is 13.6. The van der Waals surface area contributed by atoms with Crippen molar-refractivity contribution in [3.8, 4) is 6.01 Å². The highest BCUT2D eigenvalue weighted by Crippen LogP contribution is 2.44. The number of hydrogen-bond donors (Lipinski definition) is 1. The molecule has 1 aromatic rings. The summed E-state index contributed by atoms with van der Waals surface area (Å²) >= 11 is 0. The van der Waals surface area contributed by atoms with Gasteiger partial charge >= 0.3 is 6.01 Å². The molecule has 5 aliphatic rings. The number of anilines is 2. The molecular weight excluding hydrogens is 482 g/mol. The number of morpholine rings is 1. The highest BCUT2D eigenvalue weighted by Gasteiger charge is 2.60. The molecule has 206 valence electrons. The van der Waals surface area contributed by atoms with Crippen LogP contribution in [0.15, 0.2) is 0 Å². The zero-order chi connectivity index (χ0) is 25.6.